The Bertz CT molecular complexity index is 607. The second-order valence-electron chi connectivity index (χ2n) is 9.11. The quantitative estimate of drug-likeness (QED) is 0.317. The second kappa shape index (κ2) is 5.72. The van der Waals surface area contributed by atoms with Gasteiger partial charge in [0.15, 0.2) is 0 Å². The maximum Gasteiger partial charge on any atom is 0.0661 e. The van der Waals surface area contributed by atoms with E-state index in [0.717, 1.165) is 43.4 Å². The van der Waals surface area contributed by atoms with Gasteiger partial charge in [0, 0.05) is 0 Å². The molecule has 24 heavy (non-hydrogen) atoms. The van der Waals surface area contributed by atoms with Gasteiger partial charge in [-0.2, -0.15) is 0 Å². The summed E-state index contributed by atoms with van der Waals surface area (Å²) in [7, 11) is 0. The van der Waals surface area contributed by atoms with Crippen LogP contribution in [0.2, 0.25) is 0 Å². The molecule has 3 nitrogen and oxygen atoms in total. The van der Waals surface area contributed by atoms with Crippen molar-refractivity contribution >= 4 is 6.21 Å². The zero-order valence-corrected chi connectivity index (χ0v) is 15.0. The van der Waals surface area contributed by atoms with E-state index < -0.39 is 0 Å². The van der Waals surface area contributed by atoms with Crippen molar-refractivity contribution in [2.24, 2.45) is 33.7 Å². The first-order chi connectivity index (χ1) is 11.5. The van der Waals surface area contributed by atoms with E-state index >= 15 is 0 Å². The number of nitrogens with zero attached hydrogens (tertiary/aromatic N) is 1. The van der Waals surface area contributed by atoms with E-state index in [1.165, 1.54) is 31.3 Å². The Morgan fingerprint density at radius 1 is 1.12 bits per heavy atom. The summed E-state index contributed by atoms with van der Waals surface area (Å²) in [5.74, 6) is 2.33. The van der Waals surface area contributed by atoms with Crippen molar-refractivity contribution in [3.8, 4) is 0 Å². The molecule has 4 rings (SSSR count). The van der Waals surface area contributed by atoms with Gasteiger partial charge in [0.2, 0.25) is 0 Å². The number of aliphatic hydroxyl groups excluding tert-OH is 1. The molecule has 0 aromatic rings. The Morgan fingerprint density at radius 2 is 1.88 bits per heavy atom. The molecule has 0 aromatic heterocycles. The third-order valence-corrected chi connectivity index (χ3v) is 8.27. The van der Waals surface area contributed by atoms with E-state index in [-0.39, 0.29) is 11.5 Å². The standard InChI is InChI=1S/C21H31NO2/c1-20-11-8-19-17(18(20)6-4-14(20)9-12-22-24)5-3-15-13-16(23)7-10-21(15,19)2/h3,9,12,16-19,23-24H,4-8,10-11,13H2,1-2H3/b14-9-,22-12+/t16-,17-,18-,19-,20+,21-/m0/s1. The van der Waals surface area contributed by atoms with Crippen LogP contribution in [0.1, 0.15) is 65.2 Å². The van der Waals surface area contributed by atoms with Crippen LogP contribution in [0.4, 0.5) is 0 Å². The molecule has 0 amide bonds. The average molecular weight is 329 g/mol. The van der Waals surface area contributed by atoms with E-state index in [0.29, 0.717) is 5.41 Å². The highest BCUT2D eigenvalue weighted by molar-refractivity contribution is 5.72. The fourth-order valence-corrected chi connectivity index (χ4v) is 6.89. The molecule has 2 N–H and O–H groups in total. The molecule has 0 aliphatic heterocycles. The van der Waals surface area contributed by atoms with Crippen LogP contribution in [-0.2, 0) is 0 Å². The molecule has 4 aliphatic rings. The van der Waals surface area contributed by atoms with Crippen LogP contribution in [0.15, 0.2) is 28.5 Å². The molecule has 4 aliphatic carbocycles. The van der Waals surface area contributed by atoms with Crippen LogP contribution in [0.25, 0.3) is 0 Å². The first kappa shape index (κ1) is 16.4. The Hall–Kier alpha value is -1.09. The first-order valence-electron chi connectivity index (χ1n) is 9.73. The fourth-order valence-electron chi connectivity index (χ4n) is 6.89. The van der Waals surface area contributed by atoms with Gasteiger partial charge in [-0.25, -0.2) is 0 Å². The smallest absolute Gasteiger partial charge is 0.0661 e. The predicted octanol–water partition coefficient (Wildman–Crippen LogP) is 4.70. The Morgan fingerprint density at radius 3 is 2.67 bits per heavy atom. The number of allylic oxidation sites excluding steroid dienone is 3. The topological polar surface area (TPSA) is 52.8 Å². The lowest BCUT2D eigenvalue weighted by Crippen LogP contribution is -2.49. The summed E-state index contributed by atoms with van der Waals surface area (Å²) >= 11 is 0. The predicted molar refractivity (Wildman–Crippen MR) is 96.1 cm³/mol. The van der Waals surface area contributed by atoms with Gasteiger partial charge in [-0.3, -0.25) is 0 Å². The lowest BCUT2D eigenvalue weighted by atomic mass is 9.48. The van der Waals surface area contributed by atoms with E-state index in [1.54, 1.807) is 11.8 Å². The second-order valence-corrected chi connectivity index (χ2v) is 9.11. The summed E-state index contributed by atoms with van der Waals surface area (Å²) < 4.78 is 0. The summed E-state index contributed by atoms with van der Waals surface area (Å²) in [6, 6.07) is 0. The van der Waals surface area contributed by atoms with Crippen LogP contribution in [0, 0.1) is 28.6 Å². The van der Waals surface area contributed by atoms with Crippen LogP contribution in [0.3, 0.4) is 0 Å². The number of hydrogen-bond donors (Lipinski definition) is 2. The third-order valence-electron chi connectivity index (χ3n) is 8.27. The molecule has 0 spiro atoms. The molecular formula is C21H31NO2. The highest BCUT2D eigenvalue weighted by Gasteiger charge is 2.56. The highest BCUT2D eigenvalue weighted by Crippen LogP contribution is 2.66. The van der Waals surface area contributed by atoms with Crippen molar-refractivity contribution in [3.63, 3.8) is 0 Å². The SMILES string of the molecule is C[C@]12CC[C@H](O)CC1=CC[C@@H]1[C@@H]2CC[C@]2(C)/C(=C\C=N\O)CC[C@@H]12. The molecule has 0 aromatic carbocycles. The maximum absolute atomic E-state index is 10.1. The number of oxime groups is 1. The van der Waals surface area contributed by atoms with Crippen molar-refractivity contribution in [1.29, 1.82) is 0 Å². The molecule has 3 heteroatoms. The summed E-state index contributed by atoms with van der Waals surface area (Å²) in [4.78, 5) is 0. The average Bonchev–Trinajstić information content (AvgIpc) is 2.90. The summed E-state index contributed by atoms with van der Waals surface area (Å²) in [5, 5.41) is 22.0. The minimum atomic E-state index is -0.117. The zero-order valence-electron chi connectivity index (χ0n) is 15.0. The molecule has 0 radical (unpaired) electrons. The van der Waals surface area contributed by atoms with Gasteiger partial charge in [0.1, 0.15) is 0 Å². The van der Waals surface area contributed by atoms with Gasteiger partial charge in [-0.15, -0.1) is 0 Å². The zero-order chi connectivity index (χ0) is 16.9. The first-order valence-corrected chi connectivity index (χ1v) is 9.73. The third kappa shape index (κ3) is 2.23. The van der Waals surface area contributed by atoms with Crippen LogP contribution >= 0.6 is 0 Å². The molecule has 0 bridgehead atoms. The van der Waals surface area contributed by atoms with Crippen molar-refractivity contribution in [1.82, 2.24) is 0 Å². The van der Waals surface area contributed by atoms with E-state index in [9.17, 15) is 5.11 Å². The normalized spacial score (nSPS) is 49.6. The van der Waals surface area contributed by atoms with E-state index in [2.05, 4.69) is 31.2 Å². The molecule has 3 fully saturated rings. The van der Waals surface area contributed by atoms with Gasteiger partial charge in [-0.1, -0.05) is 36.2 Å². The van der Waals surface area contributed by atoms with E-state index in [4.69, 9.17) is 5.21 Å². The number of hydrogen-bond acceptors (Lipinski definition) is 3. The van der Waals surface area contributed by atoms with Crippen molar-refractivity contribution in [3.05, 3.63) is 23.3 Å². The lowest BCUT2D eigenvalue weighted by Gasteiger charge is -2.57. The Balaban J connectivity index is 1.65. The highest BCUT2D eigenvalue weighted by atomic mass is 16.4. The minimum absolute atomic E-state index is 0.117. The Labute approximate surface area is 145 Å². The van der Waals surface area contributed by atoms with Crippen molar-refractivity contribution in [2.75, 3.05) is 0 Å². The summed E-state index contributed by atoms with van der Waals surface area (Å²) in [6.07, 6.45) is 15.2. The van der Waals surface area contributed by atoms with Gasteiger partial charge in [0.05, 0.1) is 12.3 Å². The molecule has 3 saturated carbocycles. The number of aliphatic hydroxyl groups is 1. The van der Waals surface area contributed by atoms with E-state index in [1.807, 2.05) is 0 Å². The molecule has 0 heterocycles. The molecule has 132 valence electrons. The van der Waals surface area contributed by atoms with Gasteiger partial charge >= 0.3 is 0 Å². The summed E-state index contributed by atoms with van der Waals surface area (Å²) in [5.41, 5.74) is 3.65. The summed E-state index contributed by atoms with van der Waals surface area (Å²) in [6.45, 7) is 4.93. The molecule has 0 saturated heterocycles. The Kier molecular flexibility index (Phi) is 3.91. The van der Waals surface area contributed by atoms with Crippen LogP contribution in [0.5, 0.6) is 0 Å². The molecular weight excluding hydrogens is 298 g/mol. The van der Waals surface area contributed by atoms with Crippen LogP contribution in [-0.4, -0.2) is 22.6 Å². The van der Waals surface area contributed by atoms with Crippen LogP contribution < -0.4 is 0 Å². The van der Waals surface area contributed by atoms with Crippen molar-refractivity contribution in [2.45, 2.75) is 71.3 Å². The molecule has 0 unspecified atom stereocenters. The largest absolute Gasteiger partial charge is 0.411 e. The van der Waals surface area contributed by atoms with Gasteiger partial charge in [-0.05, 0) is 86.0 Å². The number of rotatable bonds is 1. The van der Waals surface area contributed by atoms with Gasteiger partial charge in [0.25, 0.3) is 0 Å². The van der Waals surface area contributed by atoms with Gasteiger partial charge < -0.3 is 10.3 Å². The van der Waals surface area contributed by atoms with Crippen molar-refractivity contribution < 1.29 is 10.3 Å². The molecule has 6 atom stereocenters. The monoisotopic (exact) mass is 329 g/mol. The maximum atomic E-state index is 10.1. The minimum Gasteiger partial charge on any atom is -0.411 e. The number of fused-ring (bicyclic) bond motifs is 5. The fraction of sp³-hybridized carbons (Fsp3) is 0.762. The lowest BCUT2D eigenvalue weighted by molar-refractivity contribution is -0.0267.